The van der Waals surface area contributed by atoms with Crippen molar-refractivity contribution < 1.29 is 19.1 Å². The zero-order chi connectivity index (χ0) is 13.5. The van der Waals surface area contributed by atoms with Gasteiger partial charge in [0.2, 0.25) is 0 Å². The average Bonchev–Trinajstić information content (AvgIpc) is 2.38. The van der Waals surface area contributed by atoms with Gasteiger partial charge >= 0.3 is 12.2 Å². The SMILES string of the molecule is CNC(=O)O[C@H]1CCCC[C@H]1[C@@H](C)OC(=O)NC. The van der Waals surface area contributed by atoms with Crippen molar-refractivity contribution in [3.8, 4) is 0 Å². The van der Waals surface area contributed by atoms with Crippen molar-refractivity contribution in [1.29, 1.82) is 0 Å². The maximum Gasteiger partial charge on any atom is 0.407 e. The van der Waals surface area contributed by atoms with Crippen LogP contribution in [0.4, 0.5) is 9.59 Å². The molecular formula is C12H22N2O4. The van der Waals surface area contributed by atoms with E-state index in [-0.39, 0.29) is 18.1 Å². The van der Waals surface area contributed by atoms with E-state index in [0.29, 0.717) is 0 Å². The van der Waals surface area contributed by atoms with E-state index in [2.05, 4.69) is 10.6 Å². The first-order valence-electron chi connectivity index (χ1n) is 6.35. The minimum atomic E-state index is -0.452. The summed E-state index contributed by atoms with van der Waals surface area (Å²) in [5, 5.41) is 4.86. The molecule has 18 heavy (non-hydrogen) atoms. The van der Waals surface area contributed by atoms with Gasteiger partial charge in [-0.3, -0.25) is 0 Å². The van der Waals surface area contributed by atoms with Crippen molar-refractivity contribution in [2.45, 2.75) is 44.8 Å². The number of hydrogen-bond donors (Lipinski definition) is 2. The van der Waals surface area contributed by atoms with Crippen LogP contribution in [0.2, 0.25) is 0 Å². The van der Waals surface area contributed by atoms with Crippen molar-refractivity contribution in [3.63, 3.8) is 0 Å². The molecule has 1 saturated carbocycles. The minimum Gasteiger partial charge on any atom is -0.446 e. The second-order valence-electron chi connectivity index (χ2n) is 4.50. The number of rotatable bonds is 3. The van der Waals surface area contributed by atoms with Gasteiger partial charge in [0, 0.05) is 20.0 Å². The summed E-state index contributed by atoms with van der Waals surface area (Å²) >= 11 is 0. The van der Waals surface area contributed by atoms with Gasteiger partial charge in [0.1, 0.15) is 12.2 Å². The van der Waals surface area contributed by atoms with Crippen LogP contribution in [0.25, 0.3) is 0 Å². The molecule has 0 bridgehead atoms. The van der Waals surface area contributed by atoms with Gasteiger partial charge in [-0.05, 0) is 26.2 Å². The van der Waals surface area contributed by atoms with Crippen LogP contribution in [0, 0.1) is 5.92 Å². The Hall–Kier alpha value is -1.46. The molecule has 0 aliphatic heterocycles. The van der Waals surface area contributed by atoms with Gasteiger partial charge in [-0.15, -0.1) is 0 Å². The Morgan fingerprint density at radius 1 is 1.11 bits per heavy atom. The third-order valence-electron chi connectivity index (χ3n) is 3.32. The second-order valence-corrected chi connectivity index (χ2v) is 4.50. The monoisotopic (exact) mass is 258 g/mol. The topological polar surface area (TPSA) is 76.7 Å². The number of hydrogen-bond acceptors (Lipinski definition) is 4. The number of carbonyl (C=O) groups excluding carboxylic acids is 2. The fourth-order valence-electron chi connectivity index (χ4n) is 2.32. The van der Waals surface area contributed by atoms with Gasteiger partial charge in [0.05, 0.1) is 0 Å². The quantitative estimate of drug-likeness (QED) is 0.807. The van der Waals surface area contributed by atoms with Crippen LogP contribution in [-0.2, 0) is 9.47 Å². The third kappa shape index (κ3) is 4.09. The normalized spacial score (nSPS) is 24.8. The zero-order valence-corrected chi connectivity index (χ0v) is 11.2. The Morgan fingerprint density at radius 3 is 2.33 bits per heavy atom. The molecule has 0 aromatic carbocycles. The molecule has 2 amide bonds. The van der Waals surface area contributed by atoms with Crippen LogP contribution in [0.1, 0.15) is 32.6 Å². The second kappa shape index (κ2) is 7.08. The molecule has 1 aliphatic carbocycles. The summed E-state index contributed by atoms with van der Waals surface area (Å²) in [6.45, 7) is 1.84. The summed E-state index contributed by atoms with van der Waals surface area (Å²) in [5.41, 5.74) is 0. The highest BCUT2D eigenvalue weighted by Crippen LogP contribution is 2.30. The van der Waals surface area contributed by atoms with Crippen molar-refractivity contribution in [2.75, 3.05) is 14.1 Å². The molecule has 0 radical (unpaired) electrons. The van der Waals surface area contributed by atoms with E-state index in [1.165, 1.54) is 14.1 Å². The largest absolute Gasteiger partial charge is 0.446 e. The van der Waals surface area contributed by atoms with Gasteiger partial charge in [0.15, 0.2) is 0 Å². The van der Waals surface area contributed by atoms with Crippen molar-refractivity contribution in [3.05, 3.63) is 0 Å². The lowest BCUT2D eigenvalue weighted by molar-refractivity contribution is -0.0219. The summed E-state index contributed by atoms with van der Waals surface area (Å²) in [5.74, 6) is 0.0633. The number of carbonyl (C=O) groups is 2. The molecule has 1 fully saturated rings. The number of amides is 2. The fraction of sp³-hybridized carbons (Fsp3) is 0.833. The molecular weight excluding hydrogens is 236 g/mol. The summed E-state index contributed by atoms with van der Waals surface area (Å²) < 4.78 is 10.6. The van der Waals surface area contributed by atoms with Gasteiger partial charge in [-0.2, -0.15) is 0 Å². The van der Waals surface area contributed by atoms with Crippen molar-refractivity contribution in [2.24, 2.45) is 5.92 Å². The Kier molecular flexibility index (Phi) is 5.74. The molecule has 104 valence electrons. The summed E-state index contributed by atoms with van der Waals surface area (Å²) in [6.07, 6.45) is 2.49. The predicted octanol–water partition coefficient (Wildman–Crippen LogP) is 1.65. The molecule has 0 aromatic rings. The van der Waals surface area contributed by atoms with Crippen LogP contribution in [0.3, 0.4) is 0 Å². The first-order valence-corrected chi connectivity index (χ1v) is 6.35. The summed E-state index contributed by atoms with van der Waals surface area (Å²) in [7, 11) is 3.05. The van der Waals surface area contributed by atoms with E-state index in [9.17, 15) is 9.59 Å². The first-order chi connectivity index (χ1) is 8.58. The van der Waals surface area contributed by atoms with Crippen LogP contribution >= 0.6 is 0 Å². The number of ether oxygens (including phenoxy) is 2. The lowest BCUT2D eigenvalue weighted by Gasteiger charge is -2.34. The van der Waals surface area contributed by atoms with Crippen LogP contribution in [0.5, 0.6) is 0 Å². The molecule has 0 saturated heterocycles. The minimum absolute atomic E-state index is 0.0633. The standard InChI is InChI=1S/C12H22N2O4/c1-8(17-11(15)13-2)9-6-4-5-7-10(9)18-12(16)14-3/h8-10H,4-7H2,1-3H3,(H,13,15)(H,14,16)/t8-,9+,10+/m1/s1. The van der Waals surface area contributed by atoms with Crippen molar-refractivity contribution >= 4 is 12.2 Å². The fourth-order valence-corrected chi connectivity index (χ4v) is 2.32. The highest BCUT2D eigenvalue weighted by molar-refractivity contribution is 5.67. The molecule has 2 N–H and O–H groups in total. The molecule has 0 aromatic heterocycles. The van der Waals surface area contributed by atoms with Crippen molar-refractivity contribution in [1.82, 2.24) is 10.6 Å². The van der Waals surface area contributed by atoms with Gasteiger partial charge < -0.3 is 20.1 Å². The smallest absolute Gasteiger partial charge is 0.407 e. The van der Waals surface area contributed by atoms with E-state index in [1.807, 2.05) is 6.92 Å². The lowest BCUT2D eigenvalue weighted by Crippen LogP contribution is -2.41. The highest BCUT2D eigenvalue weighted by atomic mass is 16.6. The molecule has 1 aliphatic rings. The molecule has 6 nitrogen and oxygen atoms in total. The van der Waals surface area contributed by atoms with E-state index >= 15 is 0 Å². The number of alkyl carbamates (subject to hydrolysis) is 2. The maximum atomic E-state index is 11.3. The maximum absolute atomic E-state index is 11.3. The summed E-state index contributed by atoms with van der Waals surface area (Å²) in [6, 6.07) is 0. The van der Waals surface area contributed by atoms with Gasteiger partial charge in [-0.1, -0.05) is 6.42 Å². The molecule has 6 heteroatoms. The number of nitrogens with one attached hydrogen (secondary N) is 2. The predicted molar refractivity (Wildman–Crippen MR) is 66.3 cm³/mol. The Labute approximate surface area is 107 Å². The third-order valence-corrected chi connectivity index (χ3v) is 3.32. The van der Waals surface area contributed by atoms with E-state index in [4.69, 9.17) is 9.47 Å². The molecule has 1 rings (SSSR count). The van der Waals surface area contributed by atoms with Crippen LogP contribution < -0.4 is 10.6 Å². The van der Waals surface area contributed by atoms with E-state index < -0.39 is 12.2 Å². The first kappa shape index (κ1) is 14.6. The molecule has 0 unspecified atom stereocenters. The lowest BCUT2D eigenvalue weighted by atomic mass is 9.83. The van der Waals surface area contributed by atoms with E-state index in [1.54, 1.807) is 0 Å². The molecule has 3 atom stereocenters. The Balaban J connectivity index is 2.57. The molecule has 0 heterocycles. The Bertz CT molecular complexity index is 296. The summed E-state index contributed by atoms with van der Waals surface area (Å²) in [4.78, 5) is 22.5. The zero-order valence-electron chi connectivity index (χ0n) is 11.2. The molecule has 0 spiro atoms. The highest BCUT2D eigenvalue weighted by Gasteiger charge is 2.34. The van der Waals surface area contributed by atoms with Gasteiger partial charge in [-0.25, -0.2) is 9.59 Å². The van der Waals surface area contributed by atoms with E-state index in [0.717, 1.165) is 25.7 Å². The van der Waals surface area contributed by atoms with Crippen LogP contribution in [-0.4, -0.2) is 38.5 Å². The Morgan fingerprint density at radius 2 is 1.72 bits per heavy atom. The van der Waals surface area contributed by atoms with Crippen LogP contribution in [0.15, 0.2) is 0 Å². The van der Waals surface area contributed by atoms with Gasteiger partial charge in [0.25, 0.3) is 0 Å². The average molecular weight is 258 g/mol.